The van der Waals surface area contributed by atoms with Crippen LogP contribution in [0.4, 0.5) is 4.79 Å². The van der Waals surface area contributed by atoms with E-state index in [-0.39, 0.29) is 6.09 Å². The number of rotatable bonds is 6. The quantitative estimate of drug-likeness (QED) is 0.817. The largest absolute Gasteiger partial charge is 0.450 e. The van der Waals surface area contributed by atoms with E-state index >= 15 is 0 Å². The molecular weight excluding hydrogens is 280 g/mol. The van der Waals surface area contributed by atoms with Gasteiger partial charge in [0.05, 0.1) is 12.3 Å². The van der Waals surface area contributed by atoms with Crippen LogP contribution in [0.2, 0.25) is 0 Å². The number of nitrogens with zero attached hydrogens (tertiary/aromatic N) is 3. The maximum atomic E-state index is 11.6. The second-order valence-corrected chi connectivity index (χ2v) is 5.96. The van der Waals surface area contributed by atoms with E-state index in [1.807, 2.05) is 6.92 Å². The molecule has 0 aliphatic carbocycles. The number of hydrogen-bond acceptors (Lipinski definition) is 4. The fourth-order valence-corrected chi connectivity index (χ4v) is 2.85. The minimum absolute atomic E-state index is 0.190. The second kappa shape index (κ2) is 7.63. The van der Waals surface area contributed by atoms with Gasteiger partial charge in [-0.2, -0.15) is 5.10 Å². The first-order valence-electron chi connectivity index (χ1n) is 8.18. The molecule has 22 heavy (non-hydrogen) atoms. The van der Waals surface area contributed by atoms with E-state index in [1.54, 1.807) is 4.90 Å². The molecule has 0 saturated carbocycles. The molecule has 0 spiro atoms. The molecule has 0 radical (unpaired) electrons. The van der Waals surface area contributed by atoms with Crippen molar-refractivity contribution in [2.45, 2.75) is 53.1 Å². The van der Waals surface area contributed by atoms with Gasteiger partial charge in [0.25, 0.3) is 0 Å². The van der Waals surface area contributed by atoms with Crippen molar-refractivity contribution >= 4 is 6.09 Å². The van der Waals surface area contributed by atoms with E-state index in [0.717, 1.165) is 44.7 Å². The molecule has 0 aromatic carbocycles. The molecule has 0 unspecified atom stereocenters. The normalized spacial score (nSPS) is 18.0. The second-order valence-electron chi connectivity index (χ2n) is 5.96. The average molecular weight is 308 g/mol. The molecule has 1 aromatic rings. The van der Waals surface area contributed by atoms with Gasteiger partial charge in [0, 0.05) is 31.4 Å². The molecule has 1 saturated heterocycles. The van der Waals surface area contributed by atoms with Crippen molar-refractivity contribution in [2.24, 2.45) is 0 Å². The number of hydrogen-bond donors (Lipinski definition) is 1. The Kier molecular flexibility index (Phi) is 5.83. The number of aromatic nitrogens is 2. The lowest BCUT2D eigenvalue weighted by Crippen LogP contribution is -2.36. The van der Waals surface area contributed by atoms with Crippen LogP contribution in [0.25, 0.3) is 0 Å². The van der Waals surface area contributed by atoms with Crippen LogP contribution < -0.4 is 5.32 Å². The lowest BCUT2D eigenvalue weighted by molar-refractivity contribution is 0.115. The molecule has 124 valence electrons. The molecule has 1 N–H and O–H groups in total. The Hall–Kier alpha value is -1.56. The average Bonchev–Trinajstić information content (AvgIpc) is 3.05. The zero-order valence-corrected chi connectivity index (χ0v) is 14.2. The summed E-state index contributed by atoms with van der Waals surface area (Å²) in [7, 11) is 0. The molecule has 1 fully saturated rings. The van der Waals surface area contributed by atoms with E-state index in [4.69, 9.17) is 4.74 Å². The molecule has 1 aliphatic rings. The number of carbonyl (C=O) groups excluding carboxylic acids is 1. The summed E-state index contributed by atoms with van der Waals surface area (Å²) >= 11 is 0. The summed E-state index contributed by atoms with van der Waals surface area (Å²) in [6.45, 7) is 12.0. The van der Waals surface area contributed by atoms with Gasteiger partial charge >= 0.3 is 6.09 Å². The van der Waals surface area contributed by atoms with Crippen LogP contribution in [-0.2, 0) is 11.3 Å². The summed E-state index contributed by atoms with van der Waals surface area (Å²) in [6.07, 6.45) is 1.85. The fraction of sp³-hybridized carbons (Fsp3) is 0.750. The lowest BCUT2D eigenvalue weighted by Gasteiger charge is -2.16. The molecule has 6 nitrogen and oxygen atoms in total. The molecule has 1 aromatic heterocycles. The number of likely N-dealkylation sites (tertiary alicyclic amines) is 1. The summed E-state index contributed by atoms with van der Waals surface area (Å²) in [4.78, 5) is 13.4. The van der Waals surface area contributed by atoms with Crippen LogP contribution in [-0.4, -0.2) is 53.1 Å². The van der Waals surface area contributed by atoms with Crippen molar-refractivity contribution in [2.75, 3.05) is 26.2 Å². The highest BCUT2D eigenvalue weighted by atomic mass is 16.6. The monoisotopic (exact) mass is 308 g/mol. The van der Waals surface area contributed by atoms with Gasteiger partial charge in [-0.1, -0.05) is 0 Å². The van der Waals surface area contributed by atoms with Crippen molar-refractivity contribution in [3.05, 3.63) is 17.0 Å². The van der Waals surface area contributed by atoms with Gasteiger partial charge < -0.3 is 15.0 Å². The topological polar surface area (TPSA) is 59.4 Å². The molecular formula is C16H28N4O2. The zero-order valence-electron chi connectivity index (χ0n) is 14.2. The van der Waals surface area contributed by atoms with E-state index in [0.29, 0.717) is 12.6 Å². The highest BCUT2D eigenvalue weighted by Crippen LogP contribution is 2.12. The number of amides is 1. The molecule has 2 rings (SSSR count). The number of nitrogens with one attached hydrogen (secondary N) is 1. The van der Waals surface area contributed by atoms with Gasteiger partial charge in [-0.3, -0.25) is 4.68 Å². The van der Waals surface area contributed by atoms with Gasteiger partial charge in [-0.05, 0) is 52.6 Å². The summed E-state index contributed by atoms with van der Waals surface area (Å²) in [6, 6.07) is 0.381. The third-order valence-electron chi connectivity index (χ3n) is 4.44. The maximum Gasteiger partial charge on any atom is 0.409 e. The van der Waals surface area contributed by atoms with Crippen LogP contribution in [0, 0.1) is 20.8 Å². The number of ether oxygens (including phenoxy) is 1. The first kappa shape index (κ1) is 16.8. The Morgan fingerprint density at radius 1 is 1.41 bits per heavy atom. The summed E-state index contributed by atoms with van der Waals surface area (Å²) in [5.74, 6) is 0. The SMILES string of the molecule is CCOC(=O)N1CC[C@@H](NCCCn2nc(C)c(C)c2C)C1. The minimum Gasteiger partial charge on any atom is -0.450 e. The van der Waals surface area contributed by atoms with E-state index in [9.17, 15) is 4.79 Å². The highest BCUT2D eigenvalue weighted by Gasteiger charge is 2.26. The van der Waals surface area contributed by atoms with Gasteiger partial charge in [0.1, 0.15) is 0 Å². The predicted octanol–water partition coefficient (Wildman–Crippen LogP) is 2.02. The van der Waals surface area contributed by atoms with Crippen molar-refractivity contribution in [1.82, 2.24) is 20.0 Å². The predicted molar refractivity (Wildman–Crippen MR) is 86.1 cm³/mol. The molecule has 1 aliphatic heterocycles. The first-order chi connectivity index (χ1) is 10.5. The zero-order chi connectivity index (χ0) is 16.1. The van der Waals surface area contributed by atoms with E-state index in [2.05, 4.69) is 35.9 Å². The Morgan fingerprint density at radius 3 is 2.82 bits per heavy atom. The fourth-order valence-electron chi connectivity index (χ4n) is 2.85. The van der Waals surface area contributed by atoms with Gasteiger partial charge in [0.2, 0.25) is 0 Å². The maximum absolute atomic E-state index is 11.6. The summed E-state index contributed by atoms with van der Waals surface area (Å²) in [5, 5.41) is 8.08. The Labute approximate surface area is 132 Å². The minimum atomic E-state index is -0.190. The van der Waals surface area contributed by atoms with E-state index in [1.165, 1.54) is 11.3 Å². The van der Waals surface area contributed by atoms with Crippen molar-refractivity contribution in [3.63, 3.8) is 0 Å². The highest BCUT2D eigenvalue weighted by molar-refractivity contribution is 5.68. The van der Waals surface area contributed by atoms with Gasteiger partial charge in [-0.15, -0.1) is 0 Å². The van der Waals surface area contributed by atoms with Crippen molar-refractivity contribution in [3.8, 4) is 0 Å². The van der Waals surface area contributed by atoms with E-state index < -0.39 is 0 Å². The summed E-state index contributed by atoms with van der Waals surface area (Å²) < 4.78 is 7.12. The number of aryl methyl sites for hydroxylation is 2. The van der Waals surface area contributed by atoms with Crippen LogP contribution in [0.5, 0.6) is 0 Å². The van der Waals surface area contributed by atoms with Crippen LogP contribution in [0.15, 0.2) is 0 Å². The first-order valence-corrected chi connectivity index (χ1v) is 8.18. The molecule has 2 heterocycles. The molecule has 0 bridgehead atoms. The third kappa shape index (κ3) is 4.00. The number of carbonyl (C=O) groups is 1. The summed E-state index contributed by atoms with van der Waals surface area (Å²) in [5.41, 5.74) is 3.66. The van der Waals surface area contributed by atoms with Gasteiger partial charge in [0.15, 0.2) is 0 Å². The Morgan fingerprint density at radius 2 is 2.18 bits per heavy atom. The van der Waals surface area contributed by atoms with Crippen LogP contribution in [0.1, 0.15) is 36.7 Å². The molecule has 1 amide bonds. The molecule has 1 atom stereocenters. The Balaban J connectivity index is 1.67. The van der Waals surface area contributed by atoms with Gasteiger partial charge in [-0.25, -0.2) is 4.79 Å². The van der Waals surface area contributed by atoms with Crippen molar-refractivity contribution in [1.29, 1.82) is 0 Å². The lowest BCUT2D eigenvalue weighted by atomic mass is 10.2. The van der Waals surface area contributed by atoms with Crippen LogP contribution >= 0.6 is 0 Å². The standard InChI is InChI=1S/C16H28N4O2/c1-5-22-16(21)19-10-7-15(11-19)17-8-6-9-20-14(4)12(2)13(3)18-20/h15,17H,5-11H2,1-4H3/t15-/m1/s1. The van der Waals surface area contributed by atoms with Crippen molar-refractivity contribution < 1.29 is 9.53 Å². The smallest absolute Gasteiger partial charge is 0.409 e. The Bertz CT molecular complexity index is 512. The molecule has 6 heteroatoms. The third-order valence-corrected chi connectivity index (χ3v) is 4.44. The van der Waals surface area contributed by atoms with Crippen LogP contribution in [0.3, 0.4) is 0 Å².